The lowest BCUT2D eigenvalue weighted by Crippen LogP contribution is -2.35. The third kappa shape index (κ3) is 5.02. The smallest absolute Gasteiger partial charge is 0.220 e. The first kappa shape index (κ1) is 16.8. The van der Waals surface area contributed by atoms with E-state index in [-0.39, 0.29) is 5.91 Å². The lowest BCUT2D eigenvalue weighted by molar-refractivity contribution is -0.122. The van der Waals surface area contributed by atoms with Crippen LogP contribution in [0.25, 0.3) is 0 Å². The Morgan fingerprint density at radius 2 is 2.27 bits per heavy atom. The molecule has 1 aliphatic heterocycles. The molecule has 2 atom stereocenters. The summed E-state index contributed by atoms with van der Waals surface area (Å²) in [5, 5.41) is 6.45. The van der Waals surface area contributed by atoms with Gasteiger partial charge in [-0.25, -0.2) is 0 Å². The minimum absolute atomic E-state index is 0.129. The standard InChI is InChI=1S/C18H28N2O2/c1-3-22-17-9-5-4-7-16(17)13-20-18(21)11-14(2)15-8-6-10-19-12-15/h4-5,7,9,14-15,19H,3,6,8,10-13H2,1-2H3,(H,20,21). The van der Waals surface area contributed by atoms with E-state index in [0.29, 0.717) is 31.4 Å². The average Bonchev–Trinajstić information content (AvgIpc) is 2.55. The van der Waals surface area contributed by atoms with E-state index >= 15 is 0 Å². The molecule has 2 N–H and O–H groups in total. The fourth-order valence-electron chi connectivity index (χ4n) is 3.04. The third-order valence-electron chi connectivity index (χ3n) is 4.40. The van der Waals surface area contributed by atoms with Crippen molar-refractivity contribution < 1.29 is 9.53 Å². The molecule has 4 heteroatoms. The van der Waals surface area contributed by atoms with Gasteiger partial charge in [-0.15, -0.1) is 0 Å². The van der Waals surface area contributed by atoms with E-state index in [2.05, 4.69) is 17.6 Å². The first-order valence-corrected chi connectivity index (χ1v) is 8.38. The third-order valence-corrected chi connectivity index (χ3v) is 4.40. The van der Waals surface area contributed by atoms with Crippen molar-refractivity contribution >= 4 is 5.91 Å². The lowest BCUT2D eigenvalue weighted by Gasteiger charge is -2.28. The molecule has 2 rings (SSSR count). The maximum absolute atomic E-state index is 12.2. The van der Waals surface area contributed by atoms with Gasteiger partial charge in [0, 0.05) is 18.5 Å². The Morgan fingerprint density at radius 3 is 3.00 bits per heavy atom. The van der Waals surface area contributed by atoms with Crippen LogP contribution in [-0.4, -0.2) is 25.6 Å². The van der Waals surface area contributed by atoms with E-state index < -0.39 is 0 Å². The van der Waals surface area contributed by atoms with Gasteiger partial charge in [0.25, 0.3) is 0 Å². The highest BCUT2D eigenvalue weighted by molar-refractivity contribution is 5.76. The highest BCUT2D eigenvalue weighted by atomic mass is 16.5. The topological polar surface area (TPSA) is 50.4 Å². The summed E-state index contributed by atoms with van der Waals surface area (Å²) < 4.78 is 5.59. The molecule has 122 valence electrons. The van der Waals surface area contributed by atoms with Crippen molar-refractivity contribution in [2.24, 2.45) is 11.8 Å². The highest BCUT2D eigenvalue weighted by Crippen LogP contribution is 2.22. The summed E-state index contributed by atoms with van der Waals surface area (Å²) in [5.41, 5.74) is 1.03. The number of hydrogen-bond acceptors (Lipinski definition) is 3. The molecule has 1 aromatic carbocycles. The van der Waals surface area contributed by atoms with Gasteiger partial charge < -0.3 is 15.4 Å². The Bertz CT molecular complexity index is 470. The van der Waals surface area contributed by atoms with Gasteiger partial charge in [-0.1, -0.05) is 25.1 Å². The van der Waals surface area contributed by atoms with E-state index in [4.69, 9.17) is 4.74 Å². The Kier molecular flexibility index (Phi) is 6.72. The van der Waals surface area contributed by atoms with Gasteiger partial charge in [-0.2, -0.15) is 0 Å². The molecule has 1 amide bonds. The summed E-state index contributed by atoms with van der Waals surface area (Å²) in [6.45, 7) is 7.48. The van der Waals surface area contributed by atoms with Gasteiger partial charge in [0.1, 0.15) is 5.75 Å². The maximum Gasteiger partial charge on any atom is 0.220 e. The van der Waals surface area contributed by atoms with Crippen LogP contribution < -0.4 is 15.4 Å². The number of para-hydroxylation sites is 1. The van der Waals surface area contributed by atoms with Crippen LogP contribution in [0.3, 0.4) is 0 Å². The lowest BCUT2D eigenvalue weighted by atomic mass is 9.85. The molecule has 22 heavy (non-hydrogen) atoms. The monoisotopic (exact) mass is 304 g/mol. The molecule has 0 aromatic heterocycles. The number of amides is 1. The van der Waals surface area contributed by atoms with Crippen molar-refractivity contribution in [1.82, 2.24) is 10.6 Å². The van der Waals surface area contributed by atoms with E-state index in [0.717, 1.165) is 24.4 Å². The molecular weight excluding hydrogens is 276 g/mol. The van der Waals surface area contributed by atoms with Crippen LogP contribution in [0.1, 0.15) is 38.7 Å². The zero-order chi connectivity index (χ0) is 15.8. The largest absolute Gasteiger partial charge is 0.494 e. The number of ether oxygens (including phenoxy) is 1. The van der Waals surface area contributed by atoms with Crippen LogP contribution in [0.15, 0.2) is 24.3 Å². The van der Waals surface area contributed by atoms with Crippen molar-refractivity contribution in [3.63, 3.8) is 0 Å². The van der Waals surface area contributed by atoms with E-state index in [1.165, 1.54) is 12.8 Å². The molecule has 0 spiro atoms. The maximum atomic E-state index is 12.2. The minimum atomic E-state index is 0.129. The number of carbonyl (C=O) groups is 1. The predicted octanol–water partition coefficient (Wildman–Crippen LogP) is 2.73. The van der Waals surface area contributed by atoms with Gasteiger partial charge in [0.05, 0.1) is 6.61 Å². The summed E-state index contributed by atoms with van der Waals surface area (Å²) in [5.74, 6) is 2.03. The van der Waals surface area contributed by atoms with E-state index in [1.807, 2.05) is 31.2 Å². The second-order valence-corrected chi connectivity index (χ2v) is 6.11. The molecule has 0 saturated carbocycles. The van der Waals surface area contributed by atoms with Crippen LogP contribution in [-0.2, 0) is 11.3 Å². The Morgan fingerprint density at radius 1 is 1.45 bits per heavy atom. The molecule has 1 aliphatic rings. The van der Waals surface area contributed by atoms with Crippen molar-refractivity contribution in [3.05, 3.63) is 29.8 Å². The van der Waals surface area contributed by atoms with Crippen LogP contribution in [0.5, 0.6) is 5.75 Å². The van der Waals surface area contributed by atoms with Crippen LogP contribution >= 0.6 is 0 Å². The fraction of sp³-hybridized carbons (Fsp3) is 0.611. The predicted molar refractivity (Wildman–Crippen MR) is 88.8 cm³/mol. The molecule has 1 saturated heterocycles. The summed E-state index contributed by atoms with van der Waals surface area (Å²) in [6, 6.07) is 7.87. The first-order chi connectivity index (χ1) is 10.7. The molecular formula is C18H28N2O2. The van der Waals surface area contributed by atoms with Crippen molar-refractivity contribution in [1.29, 1.82) is 0 Å². The van der Waals surface area contributed by atoms with Gasteiger partial charge in [-0.05, 0) is 50.8 Å². The van der Waals surface area contributed by atoms with Crippen LogP contribution in [0.4, 0.5) is 0 Å². The zero-order valence-corrected chi connectivity index (χ0v) is 13.7. The average molecular weight is 304 g/mol. The van der Waals surface area contributed by atoms with Gasteiger partial charge in [0.2, 0.25) is 5.91 Å². The number of hydrogen-bond donors (Lipinski definition) is 2. The summed E-state index contributed by atoms with van der Waals surface area (Å²) >= 11 is 0. The second-order valence-electron chi connectivity index (χ2n) is 6.11. The molecule has 1 fully saturated rings. The number of piperidine rings is 1. The molecule has 2 unspecified atom stereocenters. The summed E-state index contributed by atoms with van der Waals surface area (Å²) in [4.78, 5) is 12.2. The Hall–Kier alpha value is -1.55. The molecule has 1 aromatic rings. The summed E-state index contributed by atoms with van der Waals surface area (Å²) in [6.07, 6.45) is 3.05. The Balaban J connectivity index is 1.80. The van der Waals surface area contributed by atoms with Crippen LogP contribution in [0, 0.1) is 11.8 Å². The molecule has 0 aliphatic carbocycles. The van der Waals surface area contributed by atoms with Gasteiger partial charge >= 0.3 is 0 Å². The van der Waals surface area contributed by atoms with E-state index in [9.17, 15) is 4.79 Å². The summed E-state index contributed by atoms with van der Waals surface area (Å²) in [7, 11) is 0. The number of benzene rings is 1. The van der Waals surface area contributed by atoms with Gasteiger partial charge in [0.15, 0.2) is 0 Å². The van der Waals surface area contributed by atoms with E-state index in [1.54, 1.807) is 0 Å². The number of rotatable bonds is 7. The molecule has 1 heterocycles. The molecule has 4 nitrogen and oxygen atoms in total. The fourth-order valence-corrected chi connectivity index (χ4v) is 3.04. The number of carbonyl (C=O) groups excluding carboxylic acids is 1. The van der Waals surface area contributed by atoms with Crippen molar-refractivity contribution in [2.75, 3.05) is 19.7 Å². The van der Waals surface area contributed by atoms with Crippen molar-refractivity contribution in [2.45, 2.75) is 39.7 Å². The quantitative estimate of drug-likeness (QED) is 0.814. The van der Waals surface area contributed by atoms with Gasteiger partial charge in [-0.3, -0.25) is 4.79 Å². The zero-order valence-electron chi connectivity index (χ0n) is 13.7. The van der Waals surface area contributed by atoms with Crippen LogP contribution in [0.2, 0.25) is 0 Å². The SMILES string of the molecule is CCOc1ccccc1CNC(=O)CC(C)C1CCCNC1. The molecule has 0 radical (unpaired) electrons. The number of nitrogens with one attached hydrogen (secondary N) is 2. The van der Waals surface area contributed by atoms with Crippen molar-refractivity contribution in [3.8, 4) is 5.75 Å². The second kappa shape index (κ2) is 8.79. The normalized spacial score (nSPS) is 19.5. The highest BCUT2D eigenvalue weighted by Gasteiger charge is 2.21. The first-order valence-electron chi connectivity index (χ1n) is 8.38. The Labute approximate surface area is 133 Å². The minimum Gasteiger partial charge on any atom is -0.494 e. The molecule has 0 bridgehead atoms.